The van der Waals surface area contributed by atoms with Crippen LogP contribution in [0.2, 0.25) is 5.02 Å². The summed E-state index contributed by atoms with van der Waals surface area (Å²) >= 11 is 5.60. The Labute approximate surface area is 123 Å². The van der Waals surface area contributed by atoms with Crippen molar-refractivity contribution in [2.24, 2.45) is 11.7 Å². The van der Waals surface area contributed by atoms with Gasteiger partial charge in [-0.25, -0.2) is 12.8 Å². The molecule has 1 aliphatic heterocycles. The standard InChI is InChI=1S/C11H14ClFN2O2S.ClH/c1-7-5-15(6-9(7)14)18(16,17)10-4-2-3-8(12)11(10)13;/h2-4,7,9H,5-6,14H2,1H3;1H. The van der Waals surface area contributed by atoms with Crippen molar-refractivity contribution in [3.63, 3.8) is 0 Å². The lowest BCUT2D eigenvalue weighted by molar-refractivity contribution is 0.458. The highest BCUT2D eigenvalue weighted by molar-refractivity contribution is 7.89. The summed E-state index contributed by atoms with van der Waals surface area (Å²) < 4.78 is 39.5. The quantitative estimate of drug-likeness (QED) is 0.901. The summed E-state index contributed by atoms with van der Waals surface area (Å²) in [6.45, 7) is 2.37. The Hall–Kier alpha value is -0.400. The fraction of sp³-hybridized carbons (Fsp3) is 0.455. The minimum absolute atomic E-state index is 0. The van der Waals surface area contributed by atoms with Crippen LogP contribution >= 0.6 is 24.0 Å². The summed E-state index contributed by atoms with van der Waals surface area (Å²) in [5.41, 5.74) is 5.79. The van der Waals surface area contributed by atoms with Crippen LogP contribution in [0, 0.1) is 11.7 Å². The van der Waals surface area contributed by atoms with Crippen molar-refractivity contribution in [3.8, 4) is 0 Å². The van der Waals surface area contributed by atoms with Gasteiger partial charge in [-0.2, -0.15) is 4.31 Å². The van der Waals surface area contributed by atoms with Crippen molar-refractivity contribution in [2.75, 3.05) is 13.1 Å². The van der Waals surface area contributed by atoms with Gasteiger partial charge in [0.15, 0.2) is 5.82 Å². The van der Waals surface area contributed by atoms with Gasteiger partial charge in [-0.3, -0.25) is 0 Å². The van der Waals surface area contributed by atoms with Gasteiger partial charge in [0, 0.05) is 19.1 Å². The zero-order valence-electron chi connectivity index (χ0n) is 10.2. The number of sulfonamides is 1. The van der Waals surface area contributed by atoms with E-state index < -0.39 is 20.7 Å². The van der Waals surface area contributed by atoms with Crippen molar-refractivity contribution in [3.05, 3.63) is 29.0 Å². The fourth-order valence-electron chi connectivity index (χ4n) is 1.96. The first kappa shape index (κ1) is 16.7. The Balaban J connectivity index is 0.00000180. The van der Waals surface area contributed by atoms with E-state index in [-0.39, 0.29) is 35.9 Å². The van der Waals surface area contributed by atoms with Crippen molar-refractivity contribution in [1.29, 1.82) is 0 Å². The summed E-state index contributed by atoms with van der Waals surface area (Å²) in [4.78, 5) is -0.392. The summed E-state index contributed by atoms with van der Waals surface area (Å²) in [7, 11) is -3.86. The van der Waals surface area contributed by atoms with Gasteiger partial charge in [0.05, 0.1) is 5.02 Å². The van der Waals surface area contributed by atoms with Gasteiger partial charge >= 0.3 is 0 Å². The predicted octanol–water partition coefficient (Wildman–Crippen LogP) is 1.87. The summed E-state index contributed by atoms with van der Waals surface area (Å²) in [5.74, 6) is -0.852. The van der Waals surface area contributed by atoms with Crippen LogP contribution in [0.3, 0.4) is 0 Å². The van der Waals surface area contributed by atoms with E-state index >= 15 is 0 Å². The summed E-state index contributed by atoms with van der Waals surface area (Å²) in [6, 6.07) is 3.72. The molecule has 0 amide bonds. The SMILES string of the molecule is CC1CN(S(=O)(=O)c2cccc(Cl)c2F)CC1N.Cl. The molecule has 1 aromatic rings. The van der Waals surface area contributed by atoms with Gasteiger partial charge in [0.2, 0.25) is 10.0 Å². The molecule has 8 heteroatoms. The van der Waals surface area contributed by atoms with Crippen LogP contribution in [0.25, 0.3) is 0 Å². The Morgan fingerprint density at radius 1 is 1.42 bits per heavy atom. The number of halogens is 3. The van der Waals surface area contributed by atoms with Crippen LogP contribution in [0.4, 0.5) is 4.39 Å². The molecule has 0 radical (unpaired) electrons. The average Bonchev–Trinajstić information content (AvgIpc) is 2.63. The lowest BCUT2D eigenvalue weighted by atomic mass is 10.1. The van der Waals surface area contributed by atoms with Crippen molar-refractivity contribution >= 4 is 34.0 Å². The first-order valence-electron chi connectivity index (χ1n) is 5.53. The monoisotopic (exact) mass is 328 g/mol. The molecule has 2 atom stereocenters. The van der Waals surface area contributed by atoms with E-state index in [9.17, 15) is 12.8 Å². The van der Waals surface area contributed by atoms with E-state index in [1.54, 1.807) is 0 Å². The molecule has 1 heterocycles. The summed E-state index contributed by atoms with van der Waals surface area (Å²) in [6.07, 6.45) is 0. The fourth-order valence-corrected chi connectivity index (χ4v) is 3.86. The second-order valence-electron chi connectivity index (χ2n) is 4.52. The largest absolute Gasteiger partial charge is 0.326 e. The van der Waals surface area contributed by atoms with Crippen molar-refractivity contribution in [2.45, 2.75) is 17.9 Å². The molecule has 0 spiro atoms. The van der Waals surface area contributed by atoms with Crippen molar-refractivity contribution < 1.29 is 12.8 Å². The molecule has 1 aromatic carbocycles. The van der Waals surface area contributed by atoms with Gasteiger partial charge in [-0.1, -0.05) is 24.6 Å². The molecule has 1 fully saturated rings. The second-order valence-corrected chi connectivity index (χ2v) is 6.83. The third-order valence-corrected chi connectivity index (χ3v) is 5.31. The highest BCUT2D eigenvalue weighted by Gasteiger charge is 2.36. The van der Waals surface area contributed by atoms with Gasteiger partial charge in [-0.15, -0.1) is 12.4 Å². The number of nitrogens with zero attached hydrogens (tertiary/aromatic N) is 1. The van der Waals surface area contributed by atoms with Crippen LogP contribution in [0.15, 0.2) is 23.1 Å². The molecule has 0 bridgehead atoms. The average molecular weight is 329 g/mol. The maximum absolute atomic E-state index is 13.8. The zero-order valence-corrected chi connectivity index (χ0v) is 12.6. The van der Waals surface area contributed by atoms with Crippen LogP contribution in [-0.4, -0.2) is 31.9 Å². The Bertz CT molecular complexity index is 558. The predicted molar refractivity (Wildman–Crippen MR) is 74.6 cm³/mol. The van der Waals surface area contributed by atoms with Gasteiger partial charge in [0.1, 0.15) is 4.90 Å². The lowest BCUT2D eigenvalue weighted by Crippen LogP contribution is -2.32. The highest BCUT2D eigenvalue weighted by atomic mass is 35.5. The molecule has 108 valence electrons. The van der Waals surface area contributed by atoms with E-state index in [1.807, 2.05) is 6.92 Å². The molecule has 4 nitrogen and oxygen atoms in total. The van der Waals surface area contributed by atoms with Crippen LogP contribution < -0.4 is 5.73 Å². The topological polar surface area (TPSA) is 63.4 Å². The number of benzene rings is 1. The number of hydrogen-bond acceptors (Lipinski definition) is 3. The molecular weight excluding hydrogens is 314 g/mol. The van der Waals surface area contributed by atoms with E-state index in [4.69, 9.17) is 17.3 Å². The number of nitrogens with two attached hydrogens (primary N) is 1. The van der Waals surface area contributed by atoms with Gasteiger partial charge in [-0.05, 0) is 18.1 Å². The highest BCUT2D eigenvalue weighted by Crippen LogP contribution is 2.28. The van der Waals surface area contributed by atoms with Crippen LogP contribution in [0.5, 0.6) is 0 Å². The molecule has 19 heavy (non-hydrogen) atoms. The van der Waals surface area contributed by atoms with Crippen molar-refractivity contribution in [1.82, 2.24) is 4.31 Å². The summed E-state index contributed by atoms with van der Waals surface area (Å²) in [5, 5.41) is -0.201. The molecular formula is C11H15Cl2FN2O2S. The molecule has 1 saturated heterocycles. The molecule has 0 aromatic heterocycles. The lowest BCUT2D eigenvalue weighted by Gasteiger charge is -2.16. The Kier molecular flexibility index (Phi) is 5.20. The second kappa shape index (κ2) is 5.93. The molecule has 0 saturated carbocycles. The molecule has 0 aliphatic carbocycles. The minimum atomic E-state index is -3.86. The Morgan fingerprint density at radius 2 is 2.05 bits per heavy atom. The maximum atomic E-state index is 13.8. The van der Waals surface area contributed by atoms with E-state index in [0.717, 1.165) is 0 Å². The molecule has 2 N–H and O–H groups in total. The van der Waals surface area contributed by atoms with E-state index in [2.05, 4.69) is 0 Å². The number of hydrogen-bond donors (Lipinski definition) is 1. The van der Waals surface area contributed by atoms with Crippen LogP contribution in [0.1, 0.15) is 6.92 Å². The molecule has 2 unspecified atom stereocenters. The van der Waals surface area contributed by atoms with Crippen LogP contribution in [-0.2, 0) is 10.0 Å². The maximum Gasteiger partial charge on any atom is 0.246 e. The van der Waals surface area contributed by atoms with E-state index in [0.29, 0.717) is 6.54 Å². The zero-order chi connectivity index (χ0) is 13.5. The first-order valence-corrected chi connectivity index (χ1v) is 7.35. The van der Waals surface area contributed by atoms with E-state index in [1.165, 1.54) is 22.5 Å². The third kappa shape index (κ3) is 3.03. The molecule has 2 rings (SSSR count). The normalized spacial score (nSPS) is 24.2. The molecule has 1 aliphatic rings. The van der Waals surface area contributed by atoms with Gasteiger partial charge in [0.25, 0.3) is 0 Å². The first-order chi connectivity index (χ1) is 8.34. The number of rotatable bonds is 2. The smallest absolute Gasteiger partial charge is 0.246 e. The minimum Gasteiger partial charge on any atom is -0.326 e. The Morgan fingerprint density at radius 3 is 2.58 bits per heavy atom. The van der Waals surface area contributed by atoms with Gasteiger partial charge < -0.3 is 5.73 Å². The third-order valence-electron chi connectivity index (χ3n) is 3.17.